The third-order valence-electron chi connectivity index (χ3n) is 9.05. The molecular weight excluding hydrogens is 573 g/mol. The molecule has 2 aromatic carbocycles. The summed E-state index contributed by atoms with van der Waals surface area (Å²) in [7, 11) is -0.280. The molecule has 0 bridgehead atoms. The lowest BCUT2D eigenvalue weighted by molar-refractivity contribution is 0.0984. The first kappa shape index (κ1) is 29.7. The van der Waals surface area contributed by atoms with E-state index in [1.807, 2.05) is 29.3 Å². The third-order valence-corrected chi connectivity index (χ3v) is 11.0. The van der Waals surface area contributed by atoms with Crippen LogP contribution in [0.5, 0.6) is 5.75 Å². The predicted molar refractivity (Wildman–Crippen MR) is 175 cm³/mol. The molecule has 0 spiro atoms. The normalized spacial score (nSPS) is 17.0. The van der Waals surface area contributed by atoms with Crippen LogP contribution >= 0.6 is 0 Å². The number of carbonyl (C=O) groups excluding carboxylic acids is 2. The smallest absolute Gasteiger partial charge is 0.322 e. The van der Waals surface area contributed by atoms with Gasteiger partial charge in [-0.3, -0.25) is 4.79 Å². The van der Waals surface area contributed by atoms with Crippen LogP contribution in [0.1, 0.15) is 40.0 Å². The summed E-state index contributed by atoms with van der Waals surface area (Å²) in [6, 6.07) is 10.3. The van der Waals surface area contributed by atoms with Crippen molar-refractivity contribution in [1.29, 1.82) is 0 Å². The van der Waals surface area contributed by atoms with Gasteiger partial charge < -0.3 is 24.8 Å². The van der Waals surface area contributed by atoms with Crippen molar-refractivity contribution in [1.82, 2.24) is 9.88 Å². The molecule has 1 N–H and O–H groups in total. The number of carbonyl (C=O) groups is 2. The first-order valence-corrected chi connectivity index (χ1v) is 18.7. The number of nitrogens with one attached hydrogen (secondary N) is 1. The van der Waals surface area contributed by atoms with Crippen LogP contribution in [-0.2, 0) is 12.8 Å². The zero-order valence-electron chi connectivity index (χ0n) is 25.7. The number of amides is 3. The second kappa shape index (κ2) is 11.6. The summed E-state index contributed by atoms with van der Waals surface area (Å²) in [5.74, 6) is 3.05. The molecular formula is C34H38FN5O3Si. The second-order valence-corrected chi connectivity index (χ2v) is 17.8. The Morgan fingerprint density at radius 2 is 1.82 bits per heavy atom. The molecule has 3 aromatic rings. The summed E-state index contributed by atoms with van der Waals surface area (Å²) < 4.78 is 19.2. The summed E-state index contributed by atoms with van der Waals surface area (Å²) >= 11 is 0. The van der Waals surface area contributed by atoms with E-state index in [0.717, 1.165) is 52.7 Å². The van der Waals surface area contributed by atoms with Crippen molar-refractivity contribution < 1.29 is 18.7 Å². The highest BCUT2D eigenvalue weighted by Crippen LogP contribution is 2.34. The first-order valence-electron chi connectivity index (χ1n) is 15.2. The van der Waals surface area contributed by atoms with Gasteiger partial charge in [0.2, 0.25) is 0 Å². The quantitative estimate of drug-likeness (QED) is 0.324. The molecule has 8 nitrogen and oxygen atoms in total. The van der Waals surface area contributed by atoms with Crippen molar-refractivity contribution in [2.24, 2.45) is 0 Å². The molecule has 0 saturated carbocycles. The minimum Gasteiger partial charge on any atom is -0.497 e. The Balaban J connectivity index is 1.26. The third kappa shape index (κ3) is 5.41. The van der Waals surface area contributed by atoms with Gasteiger partial charge in [0.1, 0.15) is 17.3 Å². The highest BCUT2D eigenvalue weighted by atomic mass is 28.3. The highest BCUT2D eigenvalue weighted by Gasteiger charge is 2.36. The highest BCUT2D eigenvalue weighted by molar-refractivity contribution is 6.89. The van der Waals surface area contributed by atoms with Crippen molar-refractivity contribution in [2.75, 3.05) is 48.4 Å². The number of fused-ring (bicyclic) bond motifs is 2. The lowest BCUT2D eigenvalue weighted by Crippen LogP contribution is -2.51. The van der Waals surface area contributed by atoms with Gasteiger partial charge in [-0.05, 0) is 78.4 Å². The van der Waals surface area contributed by atoms with Crippen LogP contribution in [0, 0.1) is 18.2 Å². The number of urea groups is 1. The average Bonchev–Trinajstić information content (AvgIpc) is 3.35. The van der Waals surface area contributed by atoms with Crippen molar-refractivity contribution in [2.45, 2.75) is 51.4 Å². The van der Waals surface area contributed by atoms with Crippen molar-refractivity contribution in [3.63, 3.8) is 0 Å². The number of anilines is 3. The van der Waals surface area contributed by atoms with Crippen molar-refractivity contribution >= 4 is 42.3 Å². The number of aromatic nitrogens is 1. The Bertz CT molecular complexity index is 1670. The maximum absolute atomic E-state index is 13.9. The number of halogens is 1. The summed E-state index contributed by atoms with van der Waals surface area (Å²) in [5.41, 5.74) is 5.09. The molecule has 0 unspecified atom stereocenters. The molecule has 1 aromatic heterocycles. The van der Waals surface area contributed by atoms with Crippen molar-refractivity contribution in [3.05, 3.63) is 70.8 Å². The number of terminal acetylenes is 1. The van der Waals surface area contributed by atoms with E-state index in [0.29, 0.717) is 43.9 Å². The number of pyridine rings is 1. The van der Waals surface area contributed by atoms with E-state index in [1.54, 1.807) is 18.1 Å². The summed E-state index contributed by atoms with van der Waals surface area (Å²) in [5, 5.41) is 4.21. The molecule has 10 heteroatoms. The van der Waals surface area contributed by atoms with E-state index in [9.17, 15) is 14.0 Å². The fourth-order valence-electron chi connectivity index (χ4n) is 6.69. The van der Waals surface area contributed by atoms with Crippen LogP contribution in [0.2, 0.25) is 19.6 Å². The molecule has 0 aliphatic carbocycles. The molecule has 0 radical (unpaired) electrons. The average molecular weight is 612 g/mol. The zero-order valence-corrected chi connectivity index (χ0v) is 26.7. The van der Waals surface area contributed by atoms with Gasteiger partial charge >= 0.3 is 6.03 Å². The van der Waals surface area contributed by atoms with Crippen LogP contribution in [-0.4, -0.2) is 69.2 Å². The fraction of sp³-hybridized carbons (Fsp3) is 0.382. The lowest BCUT2D eigenvalue weighted by atomic mass is 10.0. The van der Waals surface area contributed by atoms with Crippen LogP contribution in [0.4, 0.5) is 26.2 Å². The molecule has 1 saturated heterocycles. The monoisotopic (exact) mass is 611 g/mol. The van der Waals surface area contributed by atoms with Gasteiger partial charge in [-0.15, -0.1) is 6.42 Å². The molecule has 3 amide bonds. The van der Waals surface area contributed by atoms with Crippen LogP contribution in [0.15, 0.2) is 42.6 Å². The molecule has 0 atom stereocenters. The minimum atomic E-state index is -1.92. The zero-order chi connectivity index (χ0) is 31.2. The number of rotatable bonds is 5. The van der Waals surface area contributed by atoms with E-state index in [1.165, 1.54) is 12.1 Å². The predicted octanol–water partition coefficient (Wildman–Crippen LogP) is 5.02. The van der Waals surface area contributed by atoms with E-state index < -0.39 is 8.07 Å². The Kier molecular flexibility index (Phi) is 7.84. The van der Waals surface area contributed by atoms with E-state index >= 15 is 0 Å². The fourth-order valence-corrected chi connectivity index (χ4v) is 8.14. The number of ether oxygens (including phenoxy) is 1. The maximum atomic E-state index is 13.9. The van der Waals surface area contributed by atoms with Gasteiger partial charge in [0.05, 0.1) is 26.4 Å². The molecule has 6 rings (SSSR count). The number of methoxy groups -OCH3 is 1. The molecule has 44 heavy (non-hydrogen) atoms. The SMILES string of the molecule is C#Cc1c(C(=O)N2CCc3cc(F)ccc32)ncc([Si](C)(C)C)c1N1CCC(N2CCc3cc(OC)ccc3NC2=O)CC1. The molecule has 4 heterocycles. The number of nitrogens with zero attached hydrogens (tertiary/aromatic N) is 4. The van der Waals surface area contributed by atoms with Gasteiger partial charge in [0.15, 0.2) is 0 Å². The summed E-state index contributed by atoms with van der Waals surface area (Å²) in [4.78, 5) is 37.8. The van der Waals surface area contributed by atoms with E-state index in [-0.39, 0.29) is 29.5 Å². The lowest BCUT2D eigenvalue weighted by Gasteiger charge is -2.41. The Labute approximate surface area is 259 Å². The molecule has 3 aliphatic heterocycles. The van der Waals surface area contributed by atoms with Crippen molar-refractivity contribution in [3.8, 4) is 18.1 Å². The summed E-state index contributed by atoms with van der Waals surface area (Å²) in [6.07, 6.45) is 10.9. The van der Waals surface area contributed by atoms with Crippen LogP contribution in [0.3, 0.4) is 0 Å². The largest absolute Gasteiger partial charge is 0.497 e. The van der Waals surface area contributed by atoms with Gasteiger partial charge in [-0.25, -0.2) is 14.2 Å². The van der Waals surface area contributed by atoms with Crippen LogP contribution in [0.25, 0.3) is 0 Å². The number of piperidine rings is 1. The second-order valence-electron chi connectivity index (χ2n) is 12.7. The maximum Gasteiger partial charge on any atom is 0.322 e. The van der Waals surface area contributed by atoms with Gasteiger partial charge in [-0.1, -0.05) is 25.6 Å². The topological polar surface area (TPSA) is 78.0 Å². The summed E-state index contributed by atoms with van der Waals surface area (Å²) in [6.45, 7) is 9.23. The Morgan fingerprint density at radius 3 is 2.52 bits per heavy atom. The minimum absolute atomic E-state index is 0.0801. The Hall–Kier alpha value is -4.36. The first-order chi connectivity index (χ1) is 21.1. The molecule has 1 fully saturated rings. The van der Waals surface area contributed by atoms with Gasteiger partial charge in [0, 0.05) is 49.8 Å². The Morgan fingerprint density at radius 1 is 1.07 bits per heavy atom. The van der Waals surface area contributed by atoms with Crippen LogP contribution < -0.4 is 25.0 Å². The number of hydrogen-bond donors (Lipinski definition) is 1. The standard InChI is InChI=1S/C34H38FN5O3Si/c1-6-27-31(33(41)40-18-12-23-19-24(35)7-10-29(23)40)36-21-30(44(3,4)5)32(27)38-15-13-25(14-16-38)39-17-11-22-20-26(43-2)8-9-28(22)37-34(39)42/h1,7-10,19-21,25H,11-18H2,2-5H3,(H,37,42). The molecule has 3 aliphatic rings. The molecule has 228 valence electrons. The van der Waals surface area contributed by atoms with Gasteiger partial charge in [-0.2, -0.15) is 0 Å². The van der Waals surface area contributed by atoms with Gasteiger partial charge in [0.25, 0.3) is 5.91 Å². The number of benzene rings is 2. The van der Waals surface area contributed by atoms with E-state index in [2.05, 4.69) is 40.8 Å². The van der Waals surface area contributed by atoms with E-state index in [4.69, 9.17) is 11.2 Å². The number of hydrogen-bond acceptors (Lipinski definition) is 5.